The van der Waals surface area contributed by atoms with Crippen LogP contribution in [0.3, 0.4) is 0 Å². The first-order valence-electron chi connectivity index (χ1n) is 15.0. The Labute approximate surface area is 249 Å². The van der Waals surface area contributed by atoms with Gasteiger partial charge in [0.1, 0.15) is 6.61 Å². The van der Waals surface area contributed by atoms with Crippen molar-refractivity contribution < 1.29 is 32.1 Å². The molecule has 2 aromatic rings. The van der Waals surface area contributed by atoms with Gasteiger partial charge in [0.25, 0.3) is 0 Å². The lowest BCUT2D eigenvalue weighted by Crippen LogP contribution is -2.41. The topological polar surface area (TPSA) is 98.9 Å². The second kappa shape index (κ2) is 13.2. The zero-order valence-corrected chi connectivity index (χ0v) is 24.5. The Hall–Kier alpha value is -3.80. The molecule has 1 aromatic carbocycles. The summed E-state index contributed by atoms with van der Waals surface area (Å²) in [6.45, 7) is 7.26. The normalized spacial score (nSPS) is 19.2. The lowest BCUT2D eigenvalue weighted by atomic mass is 9.86. The van der Waals surface area contributed by atoms with Gasteiger partial charge in [-0.1, -0.05) is 17.5 Å². The molecule has 1 saturated carbocycles. The third-order valence-electron chi connectivity index (χ3n) is 7.98. The van der Waals surface area contributed by atoms with Crippen LogP contribution in [-0.2, 0) is 11.0 Å². The molecule has 0 unspecified atom stereocenters. The lowest BCUT2D eigenvalue weighted by molar-refractivity contribution is -0.309. The van der Waals surface area contributed by atoms with Crippen molar-refractivity contribution in [2.24, 2.45) is 10.9 Å². The average Bonchev–Trinajstić information content (AvgIpc) is 3.34. The first-order valence-corrected chi connectivity index (χ1v) is 15.0. The van der Waals surface area contributed by atoms with Crippen molar-refractivity contribution in [3.05, 3.63) is 47.7 Å². The number of nitrogens with one attached hydrogen (secondary N) is 2. The molecule has 0 bridgehead atoms. The third-order valence-corrected chi connectivity index (χ3v) is 7.98. The maximum absolute atomic E-state index is 13.3. The summed E-state index contributed by atoms with van der Waals surface area (Å²) in [5.41, 5.74) is 1.09. The number of aliphatic imine (C=N–C) groups is 1. The van der Waals surface area contributed by atoms with E-state index in [1.807, 2.05) is 18.4 Å². The van der Waals surface area contributed by atoms with Crippen LogP contribution < -0.4 is 15.4 Å². The van der Waals surface area contributed by atoms with Gasteiger partial charge in [0, 0.05) is 24.6 Å². The number of halogens is 3. The minimum Gasteiger partial charge on any atom is -0.476 e. The number of aromatic nitrogens is 1. The molecule has 2 aliphatic heterocycles. The van der Waals surface area contributed by atoms with E-state index in [1.165, 1.54) is 31.4 Å². The van der Waals surface area contributed by atoms with E-state index in [4.69, 9.17) is 4.74 Å². The van der Waals surface area contributed by atoms with E-state index in [-0.39, 0.29) is 29.4 Å². The standard InChI is InChI=1S/C31H37F3N6O3/c1-20(2)36-28(41)21-9-11-24(12-10-21)40-26-18-27(43-16-15-39-13-4-3-5-14-39)35-19-25(26)37-30(40)38-29(42)22-7-6-8-23(17-22)31(32,33)34/h6-8,17-21H,3-5,9-16H2,1-2H3,(H-,36,37,38,41,42)/p+1. The quantitative estimate of drug-likeness (QED) is 0.427. The van der Waals surface area contributed by atoms with Crippen LogP contribution in [-0.4, -0.2) is 70.2 Å². The van der Waals surface area contributed by atoms with Gasteiger partial charge in [-0.15, -0.1) is 0 Å². The molecule has 3 aliphatic rings. The molecular weight excluding hydrogens is 561 g/mol. The summed E-state index contributed by atoms with van der Waals surface area (Å²) in [6.07, 6.45) is 3.06. The minimum atomic E-state index is -4.57. The number of pyridine rings is 1. The predicted molar refractivity (Wildman–Crippen MR) is 156 cm³/mol. The molecule has 3 heterocycles. The Morgan fingerprint density at radius 3 is 2.56 bits per heavy atom. The summed E-state index contributed by atoms with van der Waals surface area (Å²) < 4.78 is 47.7. The van der Waals surface area contributed by atoms with E-state index in [0.29, 0.717) is 49.5 Å². The van der Waals surface area contributed by atoms with E-state index < -0.39 is 17.6 Å². The number of benzene rings is 1. The maximum atomic E-state index is 13.3. The van der Waals surface area contributed by atoms with Crippen molar-refractivity contribution in [3.8, 4) is 5.88 Å². The number of likely N-dealkylation sites (tertiary alicyclic amines) is 1. The summed E-state index contributed by atoms with van der Waals surface area (Å²) in [5.74, 6) is -0.202. The van der Waals surface area contributed by atoms with Crippen LogP contribution in [0.4, 0.5) is 24.5 Å². The molecule has 9 nitrogen and oxygen atoms in total. The van der Waals surface area contributed by atoms with E-state index in [0.717, 1.165) is 37.5 Å². The molecular formula is C31H38F3N6O3+. The Bertz CT molecular complexity index is 1410. The van der Waals surface area contributed by atoms with Crippen LogP contribution in [0.15, 0.2) is 41.5 Å². The van der Waals surface area contributed by atoms with Crippen molar-refractivity contribution in [1.82, 2.24) is 20.5 Å². The smallest absolute Gasteiger partial charge is 0.416 e. The lowest BCUT2D eigenvalue weighted by Gasteiger charge is -2.26. The number of carbonyl (C=O) groups excluding carboxylic acids is 2. The van der Waals surface area contributed by atoms with Crippen LogP contribution >= 0.6 is 0 Å². The molecule has 2 fully saturated rings. The number of nitrogens with zero attached hydrogens (tertiary/aromatic N) is 4. The number of alkyl halides is 3. The molecule has 5 rings (SSSR count). The van der Waals surface area contributed by atoms with Gasteiger partial charge in [-0.05, 0) is 83.7 Å². The van der Waals surface area contributed by atoms with Crippen LogP contribution in [0.5, 0.6) is 5.88 Å². The van der Waals surface area contributed by atoms with Gasteiger partial charge in [0.2, 0.25) is 11.8 Å². The molecule has 230 valence electrons. The van der Waals surface area contributed by atoms with Crippen molar-refractivity contribution in [1.29, 1.82) is 0 Å². The van der Waals surface area contributed by atoms with Gasteiger partial charge < -0.3 is 10.1 Å². The number of rotatable bonds is 7. The minimum absolute atomic E-state index is 0.0243. The number of piperidine rings is 1. The zero-order chi connectivity index (χ0) is 30.6. The predicted octanol–water partition coefficient (Wildman–Crippen LogP) is 5.20. The number of ether oxygens (including phenoxy) is 1. The molecule has 1 aromatic heterocycles. The molecule has 0 atom stereocenters. The van der Waals surface area contributed by atoms with E-state index >= 15 is 0 Å². The monoisotopic (exact) mass is 599 g/mol. The highest BCUT2D eigenvalue weighted by atomic mass is 19.4. The van der Waals surface area contributed by atoms with Crippen LogP contribution in [0.2, 0.25) is 0 Å². The zero-order valence-electron chi connectivity index (χ0n) is 24.5. The highest BCUT2D eigenvalue weighted by Crippen LogP contribution is 2.37. The first-order chi connectivity index (χ1) is 20.6. The Morgan fingerprint density at radius 2 is 1.86 bits per heavy atom. The number of amides is 2. The summed E-state index contributed by atoms with van der Waals surface area (Å²) in [7, 11) is 0. The SMILES string of the molecule is CC(C)NC(=O)C1CCC(=[N+]2C(NC(=O)c3cccc(C(F)(F)F)c3)=Nc3cnc(OCCN4CCCCC4)cc32)CC1. The number of carbonyl (C=O) groups is 2. The van der Waals surface area contributed by atoms with Gasteiger partial charge in [-0.2, -0.15) is 17.7 Å². The van der Waals surface area contributed by atoms with Gasteiger partial charge in [-0.25, -0.2) is 10.3 Å². The van der Waals surface area contributed by atoms with Crippen molar-refractivity contribution in [3.63, 3.8) is 0 Å². The first kappa shape index (κ1) is 30.7. The van der Waals surface area contributed by atoms with Crippen LogP contribution in [0.1, 0.15) is 74.7 Å². The maximum Gasteiger partial charge on any atom is 0.416 e. The van der Waals surface area contributed by atoms with Gasteiger partial charge in [0.05, 0.1) is 23.0 Å². The number of hydrogen-bond donors (Lipinski definition) is 2. The molecule has 43 heavy (non-hydrogen) atoms. The molecule has 2 amide bonds. The largest absolute Gasteiger partial charge is 0.476 e. The van der Waals surface area contributed by atoms with Gasteiger partial charge in [-0.3, -0.25) is 14.5 Å². The molecule has 1 aliphatic carbocycles. The highest BCUT2D eigenvalue weighted by molar-refractivity contribution is 6.07. The number of hydrogen-bond acceptors (Lipinski definition) is 6. The van der Waals surface area contributed by atoms with Gasteiger partial charge in [0.15, 0.2) is 11.4 Å². The fourth-order valence-corrected chi connectivity index (χ4v) is 5.76. The van der Waals surface area contributed by atoms with Crippen LogP contribution in [0.25, 0.3) is 0 Å². The molecule has 12 heteroatoms. The Kier molecular flexibility index (Phi) is 9.43. The van der Waals surface area contributed by atoms with Crippen molar-refractivity contribution >= 4 is 34.9 Å². The second-order valence-electron chi connectivity index (χ2n) is 11.6. The van der Waals surface area contributed by atoms with Crippen LogP contribution in [0, 0.1) is 5.92 Å². The summed E-state index contributed by atoms with van der Waals surface area (Å²) in [4.78, 5) is 37.2. The molecule has 0 radical (unpaired) electrons. The van der Waals surface area contributed by atoms with Gasteiger partial charge >= 0.3 is 18.0 Å². The summed E-state index contributed by atoms with van der Waals surface area (Å²) >= 11 is 0. The molecule has 1 saturated heterocycles. The number of fused-ring (bicyclic) bond motifs is 1. The van der Waals surface area contributed by atoms with Crippen molar-refractivity contribution in [2.45, 2.75) is 71.0 Å². The average molecular weight is 600 g/mol. The van der Waals surface area contributed by atoms with E-state index in [2.05, 4.69) is 25.5 Å². The summed E-state index contributed by atoms with van der Waals surface area (Å²) in [6, 6.07) is 6.12. The summed E-state index contributed by atoms with van der Waals surface area (Å²) in [5, 5.41) is 5.71. The Balaban J connectivity index is 1.37. The molecule has 2 N–H and O–H groups in total. The second-order valence-corrected chi connectivity index (χ2v) is 11.6. The fourth-order valence-electron chi connectivity index (χ4n) is 5.76. The Morgan fingerprint density at radius 1 is 1.12 bits per heavy atom. The molecule has 0 spiro atoms. The van der Waals surface area contributed by atoms with Crippen molar-refractivity contribution in [2.75, 3.05) is 26.2 Å². The number of guanidine groups is 1. The third kappa shape index (κ3) is 7.59. The fraction of sp³-hybridized carbons (Fsp3) is 0.516. The highest BCUT2D eigenvalue weighted by Gasteiger charge is 2.37. The van der Waals surface area contributed by atoms with E-state index in [9.17, 15) is 22.8 Å². The van der Waals surface area contributed by atoms with E-state index in [1.54, 1.807) is 12.3 Å².